The summed E-state index contributed by atoms with van der Waals surface area (Å²) in [6.07, 6.45) is 0.409. The molecule has 0 fully saturated rings. The first kappa shape index (κ1) is 9.86. The van der Waals surface area contributed by atoms with Gasteiger partial charge in [-0.3, -0.25) is 9.59 Å². The first-order valence-electron chi connectivity index (χ1n) is 3.58. The van der Waals surface area contributed by atoms with Crippen molar-refractivity contribution < 1.29 is 14.0 Å². The van der Waals surface area contributed by atoms with Crippen molar-refractivity contribution in [1.82, 2.24) is 0 Å². The number of carbonyl (C=O) groups excluding carboxylic acids is 2. The van der Waals surface area contributed by atoms with Crippen molar-refractivity contribution in [3.05, 3.63) is 34.6 Å². The molecule has 70 valence electrons. The summed E-state index contributed by atoms with van der Waals surface area (Å²) in [5.41, 5.74) is 4.07. The van der Waals surface area contributed by atoms with Gasteiger partial charge in [-0.2, -0.15) is 5.26 Å². The number of rotatable bonds is 2. The topological polar surface area (TPSA) is 83.9 Å². The molecule has 2 N–H and O–H groups in total. The van der Waals surface area contributed by atoms with Gasteiger partial charge in [0.1, 0.15) is 12.4 Å². The van der Waals surface area contributed by atoms with Crippen molar-refractivity contribution in [2.75, 3.05) is 0 Å². The van der Waals surface area contributed by atoms with Gasteiger partial charge in [-0.15, -0.1) is 0 Å². The molecule has 0 bridgehead atoms. The molecule has 0 spiro atoms. The van der Waals surface area contributed by atoms with E-state index in [0.717, 1.165) is 12.1 Å². The van der Waals surface area contributed by atoms with E-state index in [0.29, 0.717) is 6.29 Å². The van der Waals surface area contributed by atoms with Crippen LogP contribution < -0.4 is 5.73 Å². The first-order chi connectivity index (χ1) is 6.60. The van der Waals surface area contributed by atoms with Crippen LogP contribution in [0.1, 0.15) is 26.3 Å². The lowest BCUT2D eigenvalue weighted by atomic mass is 10.1. The van der Waals surface area contributed by atoms with E-state index in [1.807, 2.05) is 0 Å². The fourth-order valence-electron chi connectivity index (χ4n) is 0.975. The zero-order chi connectivity index (χ0) is 10.7. The van der Waals surface area contributed by atoms with E-state index in [4.69, 9.17) is 11.0 Å². The average Bonchev–Trinajstić information content (AvgIpc) is 2.17. The highest BCUT2D eigenvalue weighted by Gasteiger charge is 2.14. The van der Waals surface area contributed by atoms with Crippen LogP contribution in [0.25, 0.3) is 0 Å². The maximum atomic E-state index is 13.2. The molecule has 1 aromatic rings. The molecule has 4 nitrogen and oxygen atoms in total. The summed E-state index contributed by atoms with van der Waals surface area (Å²) in [7, 11) is 0. The van der Waals surface area contributed by atoms with Crippen LogP contribution in [0.2, 0.25) is 0 Å². The van der Waals surface area contributed by atoms with Gasteiger partial charge < -0.3 is 5.73 Å². The van der Waals surface area contributed by atoms with Gasteiger partial charge in [0, 0.05) is 5.56 Å². The second-order valence-electron chi connectivity index (χ2n) is 2.52. The molecule has 0 heterocycles. The first-order valence-corrected chi connectivity index (χ1v) is 3.58. The van der Waals surface area contributed by atoms with Crippen LogP contribution in [-0.2, 0) is 0 Å². The summed E-state index contributed by atoms with van der Waals surface area (Å²) in [4.78, 5) is 21.1. The van der Waals surface area contributed by atoms with Gasteiger partial charge >= 0.3 is 0 Å². The van der Waals surface area contributed by atoms with E-state index < -0.39 is 17.3 Å². The molecule has 5 heteroatoms. The van der Waals surface area contributed by atoms with Crippen LogP contribution in [-0.4, -0.2) is 12.2 Å². The smallest absolute Gasteiger partial charge is 0.251 e. The summed E-state index contributed by atoms with van der Waals surface area (Å²) in [5, 5.41) is 8.49. The molecule has 0 aromatic heterocycles. The number of carbonyl (C=O) groups is 2. The zero-order valence-corrected chi connectivity index (χ0v) is 6.95. The summed E-state index contributed by atoms with van der Waals surface area (Å²) in [6, 6.07) is 3.58. The Balaban J connectivity index is 3.51. The highest BCUT2D eigenvalue weighted by Crippen LogP contribution is 2.14. The van der Waals surface area contributed by atoms with Crippen molar-refractivity contribution in [3.8, 4) is 6.07 Å². The predicted octanol–water partition coefficient (Wildman–Crippen LogP) is 0.609. The quantitative estimate of drug-likeness (QED) is 0.696. The highest BCUT2D eigenvalue weighted by atomic mass is 19.1. The predicted molar refractivity (Wildman–Crippen MR) is 45.0 cm³/mol. The largest absolute Gasteiger partial charge is 0.366 e. The molecule has 0 aliphatic carbocycles. The number of primary amides is 1. The molecule has 1 amide bonds. The lowest BCUT2D eigenvalue weighted by Crippen LogP contribution is -2.14. The van der Waals surface area contributed by atoms with Crippen LogP contribution in [0.4, 0.5) is 4.39 Å². The van der Waals surface area contributed by atoms with Crippen LogP contribution in [0.5, 0.6) is 0 Å². The van der Waals surface area contributed by atoms with E-state index in [-0.39, 0.29) is 11.1 Å². The molecule has 14 heavy (non-hydrogen) atoms. The third-order valence-electron chi connectivity index (χ3n) is 1.62. The summed E-state index contributed by atoms with van der Waals surface area (Å²) in [6.45, 7) is 0. The van der Waals surface area contributed by atoms with Gasteiger partial charge in [0.15, 0.2) is 5.82 Å². The SMILES string of the molecule is N#Cc1cc(C=O)cc(C(N)=O)c1F. The van der Waals surface area contributed by atoms with Gasteiger partial charge in [0.05, 0.1) is 11.1 Å². The summed E-state index contributed by atoms with van der Waals surface area (Å²) >= 11 is 0. The highest BCUT2D eigenvalue weighted by molar-refractivity contribution is 5.95. The van der Waals surface area contributed by atoms with E-state index in [1.54, 1.807) is 0 Å². The number of halogens is 1. The Morgan fingerprint density at radius 2 is 2.21 bits per heavy atom. The van der Waals surface area contributed by atoms with Crippen LogP contribution >= 0.6 is 0 Å². The Morgan fingerprint density at radius 3 is 2.64 bits per heavy atom. The van der Waals surface area contributed by atoms with Crippen LogP contribution in [0.3, 0.4) is 0 Å². The molecular formula is C9H5FN2O2. The van der Waals surface area contributed by atoms with Gasteiger partial charge in [0.25, 0.3) is 5.91 Å². The van der Waals surface area contributed by atoms with Gasteiger partial charge in [0.2, 0.25) is 0 Å². The number of hydrogen-bond donors (Lipinski definition) is 1. The number of nitrogens with zero attached hydrogens (tertiary/aromatic N) is 1. The maximum absolute atomic E-state index is 13.2. The second kappa shape index (κ2) is 3.66. The number of benzene rings is 1. The van der Waals surface area contributed by atoms with E-state index in [1.165, 1.54) is 6.07 Å². The zero-order valence-electron chi connectivity index (χ0n) is 6.95. The minimum absolute atomic E-state index is 0.0387. The summed E-state index contributed by atoms with van der Waals surface area (Å²) in [5.74, 6) is -2.01. The number of nitrogens with two attached hydrogens (primary N) is 1. The van der Waals surface area contributed by atoms with Gasteiger partial charge in [-0.05, 0) is 12.1 Å². The second-order valence-corrected chi connectivity index (χ2v) is 2.52. The molecule has 0 radical (unpaired) electrons. The minimum atomic E-state index is -1.01. The lowest BCUT2D eigenvalue weighted by molar-refractivity contribution is 0.0996. The van der Waals surface area contributed by atoms with Crippen molar-refractivity contribution in [2.24, 2.45) is 5.73 Å². The number of aldehydes is 1. The Kier molecular flexibility index (Phi) is 2.58. The molecule has 0 unspecified atom stereocenters. The van der Waals surface area contributed by atoms with Crippen LogP contribution in [0.15, 0.2) is 12.1 Å². The van der Waals surface area contributed by atoms with E-state index >= 15 is 0 Å². The Hall–Kier alpha value is -2.22. The fourth-order valence-corrected chi connectivity index (χ4v) is 0.975. The molecular weight excluding hydrogens is 187 g/mol. The Morgan fingerprint density at radius 1 is 1.57 bits per heavy atom. The molecule has 0 saturated heterocycles. The Bertz CT molecular complexity index is 449. The van der Waals surface area contributed by atoms with Crippen molar-refractivity contribution in [3.63, 3.8) is 0 Å². The Labute approximate surface area is 78.7 Å². The maximum Gasteiger partial charge on any atom is 0.251 e. The molecule has 1 rings (SSSR count). The normalized spacial score (nSPS) is 9.14. The third kappa shape index (κ3) is 1.59. The third-order valence-corrected chi connectivity index (χ3v) is 1.62. The summed E-state index contributed by atoms with van der Waals surface area (Å²) < 4.78 is 13.2. The van der Waals surface area contributed by atoms with Gasteiger partial charge in [-0.25, -0.2) is 4.39 Å². The van der Waals surface area contributed by atoms with E-state index in [9.17, 15) is 14.0 Å². The van der Waals surface area contributed by atoms with Crippen molar-refractivity contribution >= 4 is 12.2 Å². The van der Waals surface area contributed by atoms with E-state index in [2.05, 4.69) is 0 Å². The van der Waals surface area contributed by atoms with Crippen molar-refractivity contribution in [1.29, 1.82) is 5.26 Å². The van der Waals surface area contributed by atoms with Crippen molar-refractivity contribution in [2.45, 2.75) is 0 Å². The molecule has 0 atom stereocenters. The molecule has 1 aromatic carbocycles. The minimum Gasteiger partial charge on any atom is -0.366 e. The standard InChI is InChI=1S/C9H5FN2O2/c10-8-6(3-11)1-5(4-13)2-7(8)9(12)14/h1-2,4H,(H2,12,14). The number of nitriles is 1. The van der Waals surface area contributed by atoms with Crippen LogP contribution in [0, 0.1) is 17.1 Å². The molecule has 0 aliphatic heterocycles. The number of hydrogen-bond acceptors (Lipinski definition) is 3. The number of amides is 1. The average molecular weight is 192 g/mol. The fraction of sp³-hybridized carbons (Fsp3) is 0. The lowest BCUT2D eigenvalue weighted by Gasteiger charge is -2.01. The monoisotopic (exact) mass is 192 g/mol. The van der Waals surface area contributed by atoms with Gasteiger partial charge in [-0.1, -0.05) is 0 Å². The molecule has 0 aliphatic rings. The molecule has 0 saturated carbocycles.